The minimum atomic E-state index is -0.358. The van der Waals surface area contributed by atoms with Crippen molar-refractivity contribution in [2.75, 3.05) is 0 Å². The Morgan fingerprint density at radius 1 is 1.43 bits per heavy atom. The third-order valence-corrected chi connectivity index (χ3v) is 3.92. The van der Waals surface area contributed by atoms with Gasteiger partial charge in [-0.25, -0.2) is 4.98 Å². The van der Waals surface area contributed by atoms with Crippen molar-refractivity contribution < 1.29 is 0 Å². The molecule has 0 amide bonds. The Kier molecular flexibility index (Phi) is 2.37. The maximum Gasteiger partial charge on any atom is 0.113 e. The smallest absolute Gasteiger partial charge is 0.113 e. The summed E-state index contributed by atoms with van der Waals surface area (Å²) in [4.78, 5) is 4.53. The van der Waals surface area contributed by atoms with Gasteiger partial charge in [-0.2, -0.15) is 0 Å². The van der Waals surface area contributed by atoms with Crippen molar-refractivity contribution in [1.82, 2.24) is 4.98 Å². The van der Waals surface area contributed by atoms with Crippen LogP contribution in [-0.4, -0.2) is 4.98 Å². The number of aromatic nitrogens is 1. The van der Waals surface area contributed by atoms with Crippen LogP contribution in [0.4, 0.5) is 0 Å². The Labute approximate surface area is 95.3 Å². The van der Waals surface area contributed by atoms with Crippen molar-refractivity contribution in [2.24, 2.45) is 5.73 Å². The van der Waals surface area contributed by atoms with Crippen LogP contribution in [0.3, 0.4) is 0 Å². The summed E-state index contributed by atoms with van der Waals surface area (Å²) in [6.07, 6.45) is 0. The first-order chi connectivity index (χ1) is 6.48. The second-order valence-electron chi connectivity index (χ2n) is 3.83. The molecular weight excluding hydrogens is 260 g/mol. The van der Waals surface area contributed by atoms with Gasteiger partial charge in [0.25, 0.3) is 0 Å². The molecule has 1 aromatic heterocycles. The summed E-state index contributed by atoms with van der Waals surface area (Å²) in [6, 6.07) is 6.07. The predicted molar refractivity (Wildman–Crippen MR) is 64.5 cm³/mol. The second kappa shape index (κ2) is 3.29. The largest absolute Gasteiger partial charge is 0.320 e. The van der Waals surface area contributed by atoms with E-state index in [0.717, 1.165) is 15.0 Å². The molecule has 0 spiro atoms. The molecule has 0 bridgehead atoms. The number of para-hydroxylation sites is 1. The van der Waals surface area contributed by atoms with Crippen molar-refractivity contribution >= 4 is 37.5 Å². The van der Waals surface area contributed by atoms with Crippen LogP contribution in [0.15, 0.2) is 22.7 Å². The van der Waals surface area contributed by atoms with Crippen molar-refractivity contribution in [1.29, 1.82) is 0 Å². The zero-order chi connectivity index (χ0) is 10.3. The second-order valence-corrected chi connectivity index (χ2v) is 5.71. The van der Waals surface area contributed by atoms with Crippen molar-refractivity contribution in [3.05, 3.63) is 27.7 Å². The van der Waals surface area contributed by atoms with Crippen LogP contribution >= 0.6 is 27.3 Å². The number of thiazole rings is 1. The Morgan fingerprint density at radius 2 is 2.14 bits per heavy atom. The van der Waals surface area contributed by atoms with Gasteiger partial charge in [-0.05, 0) is 41.9 Å². The highest BCUT2D eigenvalue weighted by Crippen LogP contribution is 2.31. The molecule has 74 valence electrons. The first kappa shape index (κ1) is 10.1. The Bertz CT molecular complexity index is 470. The highest BCUT2D eigenvalue weighted by atomic mass is 79.9. The SMILES string of the molecule is CC(C)(N)c1nc2c(Br)cccc2s1. The average molecular weight is 271 g/mol. The first-order valence-corrected chi connectivity index (χ1v) is 5.94. The zero-order valence-corrected chi connectivity index (χ0v) is 10.4. The van der Waals surface area contributed by atoms with E-state index in [4.69, 9.17) is 5.73 Å². The van der Waals surface area contributed by atoms with Gasteiger partial charge in [-0.15, -0.1) is 11.3 Å². The van der Waals surface area contributed by atoms with Gasteiger partial charge >= 0.3 is 0 Å². The third-order valence-electron chi connectivity index (χ3n) is 1.92. The summed E-state index contributed by atoms with van der Waals surface area (Å²) in [5.74, 6) is 0. The first-order valence-electron chi connectivity index (χ1n) is 4.33. The van der Waals surface area contributed by atoms with E-state index in [1.54, 1.807) is 11.3 Å². The lowest BCUT2D eigenvalue weighted by molar-refractivity contribution is 0.551. The summed E-state index contributed by atoms with van der Waals surface area (Å²) in [7, 11) is 0. The number of rotatable bonds is 1. The normalized spacial score (nSPS) is 12.3. The monoisotopic (exact) mass is 270 g/mol. The fourth-order valence-corrected chi connectivity index (χ4v) is 2.78. The number of hydrogen-bond acceptors (Lipinski definition) is 3. The molecule has 0 aliphatic carbocycles. The van der Waals surface area contributed by atoms with Gasteiger partial charge in [0.05, 0.1) is 15.8 Å². The van der Waals surface area contributed by atoms with E-state index >= 15 is 0 Å². The number of fused-ring (bicyclic) bond motifs is 1. The topological polar surface area (TPSA) is 38.9 Å². The number of hydrogen-bond donors (Lipinski definition) is 1. The molecule has 0 saturated heterocycles. The molecule has 0 fully saturated rings. The maximum absolute atomic E-state index is 6.00. The van der Waals surface area contributed by atoms with Crippen LogP contribution in [0, 0.1) is 0 Å². The number of nitrogens with zero attached hydrogens (tertiary/aromatic N) is 1. The molecule has 0 aliphatic rings. The molecular formula is C10H11BrN2S. The predicted octanol–water partition coefficient (Wildman–Crippen LogP) is 3.25. The Balaban J connectivity index is 2.69. The third kappa shape index (κ3) is 1.69. The van der Waals surface area contributed by atoms with Crippen molar-refractivity contribution in [2.45, 2.75) is 19.4 Å². The quantitative estimate of drug-likeness (QED) is 0.864. The standard InChI is InChI=1S/C10H11BrN2S/c1-10(2,12)9-13-8-6(11)4-3-5-7(8)14-9/h3-5H,12H2,1-2H3. The zero-order valence-electron chi connectivity index (χ0n) is 8.04. The average Bonchev–Trinajstić information content (AvgIpc) is 2.48. The molecule has 0 saturated carbocycles. The fraction of sp³-hybridized carbons (Fsp3) is 0.300. The van der Waals surface area contributed by atoms with Crippen molar-refractivity contribution in [3.63, 3.8) is 0 Å². The molecule has 0 unspecified atom stereocenters. The lowest BCUT2D eigenvalue weighted by atomic mass is 10.1. The molecule has 0 radical (unpaired) electrons. The molecule has 2 aromatic rings. The van der Waals surface area contributed by atoms with E-state index in [-0.39, 0.29) is 5.54 Å². The summed E-state index contributed by atoms with van der Waals surface area (Å²) < 4.78 is 2.20. The van der Waals surface area contributed by atoms with Crippen molar-refractivity contribution in [3.8, 4) is 0 Å². The maximum atomic E-state index is 6.00. The molecule has 14 heavy (non-hydrogen) atoms. The van der Waals surface area contributed by atoms with E-state index in [2.05, 4.69) is 27.0 Å². The van der Waals surface area contributed by atoms with Gasteiger partial charge in [0.2, 0.25) is 0 Å². The number of halogens is 1. The van der Waals surface area contributed by atoms with Gasteiger partial charge in [0.15, 0.2) is 0 Å². The van der Waals surface area contributed by atoms with Crippen LogP contribution in [-0.2, 0) is 5.54 Å². The molecule has 0 atom stereocenters. The van der Waals surface area contributed by atoms with Gasteiger partial charge in [0.1, 0.15) is 5.01 Å². The summed E-state index contributed by atoms with van der Waals surface area (Å²) in [5.41, 5.74) is 6.65. The summed E-state index contributed by atoms with van der Waals surface area (Å²) >= 11 is 5.13. The van der Waals surface area contributed by atoms with Crippen LogP contribution < -0.4 is 5.73 Å². The van der Waals surface area contributed by atoms with Gasteiger partial charge < -0.3 is 5.73 Å². The fourth-order valence-electron chi connectivity index (χ4n) is 1.19. The van der Waals surface area contributed by atoms with Gasteiger partial charge in [-0.1, -0.05) is 6.07 Å². The molecule has 2 N–H and O–H groups in total. The molecule has 1 heterocycles. The lowest BCUT2D eigenvalue weighted by Crippen LogP contribution is -2.28. The highest BCUT2D eigenvalue weighted by molar-refractivity contribution is 9.10. The number of benzene rings is 1. The van der Waals surface area contributed by atoms with E-state index < -0.39 is 0 Å². The highest BCUT2D eigenvalue weighted by Gasteiger charge is 2.19. The molecule has 2 rings (SSSR count). The van der Waals surface area contributed by atoms with Crippen LogP contribution in [0.1, 0.15) is 18.9 Å². The minimum absolute atomic E-state index is 0.358. The number of nitrogens with two attached hydrogens (primary N) is 1. The molecule has 4 heteroatoms. The summed E-state index contributed by atoms with van der Waals surface area (Å²) in [5, 5.41) is 0.972. The lowest BCUT2D eigenvalue weighted by Gasteiger charge is -2.13. The Morgan fingerprint density at radius 3 is 2.71 bits per heavy atom. The van der Waals surface area contributed by atoms with Gasteiger partial charge in [0, 0.05) is 4.47 Å². The van der Waals surface area contributed by atoms with Crippen LogP contribution in [0.25, 0.3) is 10.2 Å². The molecule has 1 aromatic carbocycles. The minimum Gasteiger partial charge on any atom is -0.320 e. The molecule has 0 aliphatic heterocycles. The van der Waals surface area contributed by atoms with Crippen LogP contribution in [0.2, 0.25) is 0 Å². The van der Waals surface area contributed by atoms with Gasteiger partial charge in [-0.3, -0.25) is 0 Å². The Hall–Kier alpha value is -0.450. The van der Waals surface area contributed by atoms with E-state index in [0.29, 0.717) is 0 Å². The van der Waals surface area contributed by atoms with Crippen LogP contribution in [0.5, 0.6) is 0 Å². The van der Waals surface area contributed by atoms with E-state index in [1.165, 1.54) is 4.70 Å². The summed E-state index contributed by atoms with van der Waals surface area (Å²) in [6.45, 7) is 3.94. The van der Waals surface area contributed by atoms with E-state index in [9.17, 15) is 0 Å². The molecule has 2 nitrogen and oxygen atoms in total. The van der Waals surface area contributed by atoms with E-state index in [1.807, 2.05) is 26.0 Å².